The Morgan fingerprint density at radius 1 is 1.38 bits per heavy atom. The first-order valence-corrected chi connectivity index (χ1v) is 5.94. The monoisotopic (exact) mass is 224 g/mol. The Hall–Kier alpha value is -0.900. The predicted molar refractivity (Wildman–Crippen MR) is 66.1 cm³/mol. The first-order valence-electron chi connectivity index (χ1n) is 5.94. The van der Waals surface area contributed by atoms with Gasteiger partial charge in [-0.05, 0) is 5.92 Å². The number of aryl methyl sites for hydroxylation is 1. The average Bonchev–Trinajstić information content (AvgIpc) is 2.57. The van der Waals surface area contributed by atoms with Crippen LogP contribution in [-0.4, -0.2) is 14.8 Å². The topological polar surface area (TPSA) is 56.7 Å². The zero-order chi connectivity index (χ0) is 12.5. The van der Waals surface area contributed by atoms with E-state index in [1.54, 1.807) is 0 Å². The molecule has 92 valence electrons. The highest BCUT2D eigenvalue weighted by atomic mass is 15.3. The molecule has 2 atom stereocenters. The van der Waals surface area contributed by atoms with Gasteiger partial charge in [-0.25, -0.2) is 4.98 Å². The van der Waals surface area contributed by atoms with Crippen molar-refractivity contribution >= 4 is 0 Å². The summed E-state index contributed by atoms with van der Waals surface area (Å²) < 4.78 is 1.82. The maximum Gasteiger partial charge on any atom is 0.156 e. The van der Waals surface area contributed by atoms with Crippen LogP contribution >= 0.6 is 0 Å². The molecule has 0 saturated carbocycles. The quantitative estimate of drug-likeness (QED) is 0.856. The molecule has 0 aliphatic rings. The van der Waals surface area contributed by atoms with Crippen molar-refractivity contribution in [1.82, 2.24) is 14.8 Å². The van der Waals surface area contributed by atoms with E-state index in [1.807, 2.05) is 11.7 Å². The Bertz CT molecular complexity index is 348. The number of nitrogens with two attached hydrogens (primary N) is 1. The van der Waals surface area contributed by atoms with Gasteiger partial charge in [-0.15, -0.1) is 0 Å². The largest absolute Gasteiger partial charge is 0.321 e. The normalized spacial score (nSPS) is 16.2. The summed E-state index contributed by atoms with van der Waals surface area (Å²) in [5.74, 6) is 2.18. The van der Waals surface area contributed by atoms with Gasteiger partial charge in [0.2, 0.25) is 0 Å². The molecule has 4 nitrogen and oxygen atoms in total. The molecule has 0 aromatic carbocycles. The molecule has 2 unspecified atom stereocenters. The summed E-state index contributed by atoms with van der Waals surface area (Å²) in [5.41, 5.74) is 6.16. The highest BCUT2D eigenvalue weighted by Gasteiger charge is 2.24. The molecule has 1 aromatic rings. The Morgan fingerprint density at radius 3 is 2.31 bits per heavy atom. The Kier molecular flexibility index (Phi) is 3.73. The van der Waals surface area contributed by atoms with Crippen molar-refractivity contribution in [3.8, 4) is 0 Å². The van der Waals surface area contributed by atoms with Gasteiger partial charge in [-0.1, -0.05) is 41.0 Å². The number of nitrogens with zero attached hydrogens (tertiary/aromatic N) is 3. The van der Waals surface area contributed by atoms with Gasteiger partial charge < -0.3 is 5.73 Å². The zero-order valence-corrected chi connectivity index (χ0v) is 11.3. The van der Waals surface area contributed by atoms with Gasteiger partial charge >= 0.3 is 0 Å². The van der Waals surface area contributed by atoms with Crippen molar-refractivity contribution in [2.75, 3.05) is 0 Å². The van der Waals surface area contributed by atoms with E-state index in [0.717, 1.165) is 18.1 Å². The SMILES string of the molecule is CCC(C)C(N)c1nc(C(C)(C)C)nn1C. The fraction of sp³-hybridized carbons (Fsp3) is 0.833. The molecule has 1 heterocycles. The molecule has 0 bridgehead atoms. The zero-order valence-electron chi connectivity index (χ0n) is 11.3. The molecule has 0 radical (unpaired) electrons. The first-order chi connectivity index (χ1) is 7.27. The van der Waals surface area contributed by atoms with E-state index in [-0.39, 0.29) is 11.5 Å². The van der Waals surface area contributed by atoms with E-state index in [4.69, 9.17) is 5.73 Å². The van der Waals surface area contributed by atoms with E-state index in [0.29, 0.717) is 5.92 Å². The van der Waals surface area contributed by atoms with Crippen molar-refractivity contribution in [3.05, 3.63) is 11.6 Å². The van der Waals surface area contributed by atoms with E-state index in [2.05, 4.69) is 44.7 Å². The van der Waals surface area contributed by atoms with Crippen LogP contribution in [0.25, 0.3) is 0 Å². The second-order valence-corrected chi connectivity index (χ2v) is 5.58. The van der Waals surface area contributed by atoms with E-state index in [1.165, 1.54) is 0 Å². The lowest BCUT2D eigenvalue weighted by atomic mass is 9.96. The number of aromatic nitrogens is 3. The summed E-state index contributed by atoms with van der Waals surface area (Å²) in [6.07, 6.45) is 1.05. The Balaban J connectivity index is 3.03. The summed E-state index contributed by atoms with van der Waals surface area (Å²) >= 11 is 0. The van der Waals surface area contributed by atoms with Gasteiger partial charge in [0, 0.05) is 12.5 Å². The second kappa shape index (κ2) is 4.53. The third-order valence-electron chi connectivity index (χ3n) is 3.02. The van der Waals surface area contributed by atoms with E-state index < -0.39 is 0 Å². The molecule has 16 heavy (non-hydrogen) atoms. The molecule has 0 amide bonds. The molecule has 0 spiro atoms. The van der Waals surface area contributed by atoms with Crippen LogP contribution in [0.3, 0.4) is 0 Å². The Morgan fingerprint density at radius 2 is 1.94 bits per heavy atom. The second-order valence-electron chi connectivity index (χ2n) is 5.58. The van der Waals surface area contributed by atoms with Gasteiger partial charge in [0.15, 0.2) is 5.82 Å². The molecule has 1 aromatic heterocycles. The van der Waals surface area contributed by atoms with E-state index >= 15 is 0 Å². The third kappa shape index (κ3) is 2.61. The van der Waals surface area contributed by atoms with Gasteiger partial charge in [-0.3, -0.25) is 4.68 Å². The lowest BCUT2D eigenvalue weighted by Crippen LogP contribution is -2.22. The summed E-state index contributed by atoms with van der Waals surface area (Å²) in [6, 6.07) is -0.0291. The molecule has 1 rings (SSSR count). The average molecular weight is 224 g/mol. The summed E-state index contributed by atoms with van der Waals surface area (Å²) in [4.78, 5) is 4.58. The van der Waals surface area contributed by atoms with Crippen LogP contribution in [0.15, 0.2) is 0 Å². The standard InChI is InChI=1S/C12H24N4/c1-7-8(2)9(13)10-14-11(12(3,4)5)15-16(10)6/h8-9H,7,13H2,1-6H3. The van der Waals surface area contributed by atoms with Crippen molar-refractivity contribution < 1.29 is 0 Å². The maximum atomic E-state index is 6.18. The van der Waals surface area contributed by atoms with Crippen LogP contribution in [0, 0.1) is 5.92 Å². The number of rotatable bonds is 3. The smallest absolute Gasteiger partial charge is 0.156 e. The molecule has 0 fully saturated rings. The molecule has 0 aliphatic carbocycles. The van der Waals surface area contributed by atoms with Crippen molar-refractivity contribution in [2.45, 2.75) is 52.5 Å². The summed E-state index contributed by atoms with van der Waals surface area (Å²) in [6.45, 7) is 10.6. The van der Waals surface area contributed by atoms with Gasteiger partial charge in [0.1, 0.15) is 5.82 Å². The van der Waals surface area contributed by atoms with Crippen LogP contribution in [-0.2, 0) is 12.5 Å². The molecule has 2 N–H and O–H groups in total. The van der Waals surface area contributed by atoms with Crippen molar-refractivity contribution in [1.29, 1.82) is 0 Å². The highest BCUT2D eigenvalue weighted by Crippen LogP contribution is 2.23. The van der Waals surface area contributed by atoms with Crippen LogP contribution in [0.2, 0.25) is 0 Å². The highest BCUT2D eigenvalue weighted by molar-refractivity contribution is 5.06. The molecule has 0 saturated heterocycles. The fourth-order valence-electron chi connectivity index (χ4n) is 1.51. The minimum atomic E-state index is -0.0291. The van der Waals surface area contributed by atoms with Gasteiger partial charge in [-0.2, -0.15) is 5.10 Å². The van der Waals surface area contributed by atoms with Crippen molar-refractivity contribution in [3.63, 3.8) is 0 Å². The van der Waals surface area contributed by atoms with Crippen LogP contribution in [0.5, 0.6) is 0 Å². The summed E-state index contributed by atoms with van der Waals surface area (Å²) in [5, 5.41) is 4.45. The van der Waals surface area contributed by atoms with E-state index in [9.17, 15) is 0 Å². The molecular weight excluding hydrogens is 200 g/mol. The number of hydrogen-bond donors (Lipinski definition) is 1. The summed E-state index contributed by atoms with van der Waals surface area (Å²) in [7, 11) is 1.92. The molecule has 4 heteroatoms. The van der Waals surface area contributed by atoms with Crippen molar-refractivity contribution in [2.24, 2.45) is 18.7 Å². The Labute approximate surface area is 98.2 Å². The maximum absolute atomic E-state index is 6.18. The first kappa shape index (κ1) is 13.2. The third-order valence-corrected chi connectivity index (χ3v) is 3.02. The van der Waals surface area contributed by atoms with Gasteiger partial charge in [0.25, 0.3) is 0 Å². The molecule has 0 aliphatic heterocycles. The minimum absolute atomic E-state index is 0.0226. The lowest BCUT2D eigenvalue weighted by Gasteiger charge is -2.17. The van der Waals surface area contributed by atoms with Gasteiger partial charge in [0.05, 0.1) is 6.04 Å². The van der Waals surface area contributed by atoms with Crippen LogP contribution < -0.4 is 5.73 Å². The van der Waals surface area contributed by atoms with Crippen LogP contribution in [0.4, 0.5) is 0 Å². The fourth-order valence-corrected chi connectivity index (χ4v) is 1.51. The predicted octanol–water partition coefficient (Wildman–Crippen LogP) is 2.16. The lowest BCUT2D eigenvalue weighted by molar-refractivity contribution is 0.424. The minimum Gasteiger partial charge on any atom is -0.321 e. The molecular formula is C12H24N4. The number of hydrogen-bond acceptors (Lipinski definition) is 3. The van der Waals surface area contributed by atoms with Crippen LogP contribution in [0.1, 0.15) is 58.7 Å².